The SMILES string of the molecule is [Ir].[c-]1csc2c1c1nccn1c1ccc(-c3cccc(-n4c5ccccc5c5cc(-c6ccc7oc8ccccc8c7c6)ccc54)c3)cc21. The molecule has 0 saturated heterocycles. The molecule has 0 aliphatic carbocycles. The zero-order valence-corrected chi connectivity index (χ0v) is 29.1. The molecule has 1 radical (unpaired) electrons. The standard InChI is InChI=1S/C43H24N3OS.Ir/c1-3-10-38-31(8-1)34-23-27(29-14-17-41-35(24-29)32-9-2-4-11-40(32)47-41)13-16-39(34)46(38)30-7-5-6-26(22-30)28-12-15-37-36(25-28)42-33(18-21-48-42)43-44-19-20-45(37)43;/h1-17,19-25H;/q-1;. The van der Waals surface area contributed by atoms with Gasteiger partial charge >= 0.3 is 0 Å². The third-order valence-corrected chi connectivity index (χ3v) is 10.7. The van der Waals surface area contributed by atoms with Gasteiger partial charge in [0.1, 0.15) is 11.2 Å². The van der Waals surface area contributed by atoms with Gasteiger partial charge in [-0.2, -0.15) is 6.07 Å². The number of benzene rings is 6. The van der Waals surface area contributed by atoms with E-state index in [0.29, 0.717) is 0 Å². The molecular weight excluding hydrogens is 799 g/mol. The van der Waals surface area contributed by atoms with Gasteiger partial charge in [-0.3, -0.25) is 0 Å². The summed E-state index contributed by atoms with van der Waals surface area (Å²) in [5.41, 5.74) is 12.2. The molecule has 5 aromatic heterocycles. The minimum Gasteiger partial charge on any atom is -0.456 e. The number of aromatic nitrogens is 3. The van der Waals surface area contributed by atoms with Gasteiger partial charge < -0.3 is 18.4 Å². The summed E-state index contributed by atoms with van der Waals surface area (Å²) in [6, 6.07) is 49.4. The molecule has 6 aromatic carbocycles. The average Bonchev–Trinajstić information content (AvgIpc) is 3.95. The molecule has 11 rings (SSSR count). The van der Waals surface area contributed by atoms with Crippen LogP contribution in [0.1, 0.15) is 0 Å². The van der Waals surface area contributed by atoms with Crippen molar-refractivity contribution in [3.8, 4) is 27.9 Å². The zero-order chi connectivity index (χ0) is 31.3. The fourth-order valence-electron chi connectivity index (χ4n) is 7.59. The van der Waals surface area contributed by atoms with E-state index in [4.69, 9.17) is 4.42 Å². The Morgan fingerprint density at radius 3 is 2.16 bits per heavy atom. The first kappa shape index (κ1) is 28.5. The minimum absolute atomic E-state index is 0. The number of hydrogen-bond donors (Lipinski definition) is 0. The van der Waals surface area contributed by atoms with Gasteiger partial charge in [0, 0.05) is 70.9 Å². The molecule has 5 heterocycles. The van der Waals surface area contributed by atoms with Crippen LogP contribution < -0.4 is 0 Å². The van der Waals surface area contributed by atoms with Crippen LogP contribution in [0.4, 0.5) is 0 Å². The van der Waals surface area contributed by atoms with Gasteiger partial charge in [-0.1, -0.05) is 82.9 Å². The molecule has 0 saturated carbocycles. The summed E-state index contributed by atoms with van der Waals surface area (Å²) in [5.74, 6) is 0. The Bertz CT molecular complexity index is 3090. The first-order valence-corrected chi connectivity index (χ1v) is 16.9. The molecule has 233 valence electrons. The third-order valence-electron chi connectivity index (χ3n) is 9.79. The van der Waals surface area contributed by atoms with Gasteiger partial charge in [0.2, 0.25) is 0 Å². The smallest absolute Gasteiger partial charge is 0.135 e. The van der Waals surface area contributed by atoms with Crippen molar-refractivity contribution in [1.29, 1.82) is 0 Å². The number of imidazole rings is 1. The van der Waals surface area contributed by atoms with Crippen LogP contribution in [0.25, 0.3) is 98.3 Å². The van der Waals surface area contributed by atoms with E-state index >= 15 is 0 Å². The Balaban J connectivity index is 0.00000306. The maximum absolute atomic E-state index is 6.11. The van der Waals surface area contributed by atoms with E-state index in [1.807, 2.05) is 29.9 Å². The molecule has 6 heteroatoms. The summed E-state index contributed by atoms with van der Waals surface area (Å²) < 4.78 is 11.9. The van der Waals surface area contributed by atoms with E-state index in [9.17, 15) is 0 Å². The molecule has 49 heavy (non-hydrogen) atoms. The topological polar surface area (TPSA) is 35.4 Å². The minimum atomic E-state index is 0. The predicted octanol–water partition coefficient (Wildman–Crippen LogP) is 11.8. The van der Waals surface area contributed by atoms with Crippen LogP contribution in [0.15, 0.2) is 150 Å². The van der Waals surface area contributed by atoms with Crippen LogP contribution in [0.5, 0.6) is 0 Å². The average molecular weight is 823 g/mol. The number of fused-ring (bicyclic) bond motifs is 12. The Kier molecular flexibility index (Phi) is 6.25. The van der Waals surface area contributed by atoms with Crippen LogP contribution in [-0.4, -0.2) is 14.0 Å². The van der Waals surface area contributed by atoms with Crippen LogP contribution >= 0.6 is 11.3 Å². The number of nitrogens with zero attached hydrogens (tertiary/aromatic N) is 3. The second-order valence-corrected chi connectivity index (χ2v) is 13.3. The van der Waals surface area contributed by atoms with Crippen molar-refractivity contribution in [2.75, 3.05) is 0 Å². The van der Waals surface area contributed by atoms with Gasteiger partial charge in [-0.05, 0) is 82.2 Å². The van der Waals surface area contributed by atoms with Crippen molar-refractivity contribution in [2.24, 2.45) is 0 Å². The van der Waals surface area contributed by atoms with Crippen molar-refractivity contribution >= 4 is 81.7 Å². The van der Waals surface area contributed by atoms with E-state index in [2.05, 4.69) is 135 Å². The zero-order valence-electron chi connectivity index (χ0n) is 25.8. The van der Waals surface area contributed by atoms with Gasteiger partial charge in [-0.15, -0.1) is 5.39 Å². The maximum Gasteiger partial charge on any atom is 0.135 e. The van der Waals surface area contributed by atoms with E-state index in [0.717, 1.165) is 44.2 Å². The van der Waals surface area contributed by atoms with Gasteiger partial charge in [0.25, 0.3) is 0 Å². The summed E-state index contributed by atoms with van der Waals surface area (Å²) in [4.78, 5) is 4.61. The number of rotatable bonds is 3. The van der Waals surface area contributed by atoms with Gasteiger partial charge in [0.15, 0.2) is 0 Å². The number of pyridine rings is 1. The van der Waals surface area contributed by atoms with Gasteiger partial charge in [0.05, 0.1) is 11.0 Å². The Morgan fingerprint density at radius 2 is 1.27 bits per heavy atom. The van der Waals surface area contributed by atoms with Gasteiger partial charge in [-0.25, -0.2) is 11.3 Å². The van der Waals surface area contributed by atoms with Crippen molar-refractivity contribution in [3.63, 3.8) is 0 Å². The van der Waals surface area contributed by atoms with Crippen LogP contribution in [0.3, 0.4) is 0 Å². The van der Waals surface area contributed by atoms with E-state index in [1.54, 1.807) is 11.3 Å². The molecule has 0 fully saturated rings. The molecule has 0 aliphatic heterocycles. The Hall–Kier alpha value is -5.52. The van der Waals surface area contributed by atoms with E-state index in [1.165, 1.54) is 54.1 Å². The third kappa shape index (κ3) is 4.15. The normalized spacial score (nSPS) is 11.9. The van der Waals surface area contributed by atoms with Crippen LogP contribution in [0.2, 0.25) is 0 Å². The second kappa shape index (κ2) is 10.7. The first-order chi connectivity index (χ1) is 23.8. The molecule has 0 aliphatic rings. The molecule has 0 N–H and O–H groups in total. The fourth-order valence-corrected chi connectivity index (χ4v) is 8.44. The van der Waals surface area contributed by atoms with Crippen LogP contribution in [-0.2, 0) is 20.1 Å². The molecular formula is C43H24IrN3OS-. The maximum atomic E-state index is 6.11. The van der Waals surface area contributed by atoms with E-state index < -0.39 is 0 Å². The largest absolute Gasteiger partial charge is 0.456 e. The molecule has 0 atom stereocenters. The monoisotopic (exact) mass is 823 g/mol. The number of hydrogen-bond acceptors (Lipinski definition) is 3. The molecule has 11 aromatic rings. The number of furan rings is 1. The summed E-state index contributed by atoms with van der Waals surface area (Å²) in [6.45, 7) is 0. The summed E-state index contributed by atoms with van der Waals surface area (Å²) in [5, 5.41) is 9.09. The predicted molar refractivity (Wildman–Crippen MR) is 199 cm³/mol. The van der Waals surface area contributed by atoms with Crippen molar-refractivity contribution in [3.05, 3.63) is 151 Å². The molecule has 0 bridgehead atoms. The molecule has 0 amide bonds. The van der Waals surface area contributed by atoms with E-state index in [-0.39, 0.29) is 20.1 Å². The van der Waals surface area contributed by atoms with Crippen molar-refractivity contribution in [2.45, 2.75) is 0 Å². The quantitative estimate of drug-likeness (QED) is 0.166. The van der Waals surface area contributed by atoms with Crippen molar-refractivity contribution < 1.29 is 24.5 Å². The molecule has 0 spiro atoms. The molecule has 4 nitrogen and oxygen atoms in total. The summed E-state index contributed by atoms with van der Waals surface area (Å²) in [7, 11) is 0. The van der Waals surface area contributed by atoms with Crippen molar-refractivity contribution in [1.82, 2.24) is 14.0 Å². The first-order valence-electron chi connectivity index (χ1n) is 16.0. The fraction of sp³-hybridized carbons (Fsp3) is 0. The number of thiophene rings is 1. The Labute approximate surface area is 297 Å². The Morgan fingerprint density at radius 1 is 0.571 bits per heavy atom. The summed E-state index contributed by atoms with van der Waals surface area (Å²) in [6.07, 6.45) is 3.90. The second-order valence-electron chi connectivity index (χ2n) is 12.4. The van der Waals surface area contributed by atoms with Crippen LogP contribution in [0, 0.1) is 6.07 Å². The summed E-state index contributed by atoms with van der Waals surface area (Å²) >= 11 is 1.73. The number of para-hydroxylation sites is 2. The molecule has 0 unspecified atom stereocenters.